The van der Waals surface area contributed by atoms with E-state index in [1.807, 2.05) is 18.7 Å². The highest BCUT2D eigenvalue weighted by atomic mass is 16.5. The molecule has 24 heavy (non-hydrogen) atoms. The van der Waals surface area contributed by atoms with Gasteiger partial charge in [-0.25, -0.2) is 4.79 Å². The van der Waals surface area contributed by atoms with Crippen molar-refractivity contribution in [3.8, 4) is 0 Å². The predicted octanol–water partition coefficient (Wildman–Crippen LogP) is 2.74. The standard InChI is InChI=1S/C18H30N4O2/c1-5-14(17-11(2)21-22(4)12(17)3)19-18(23)20-15-7-6-8-16-13(15)9-10-24-16/h13-16H,5-10H2,1-4H3,(H2,19,20,23)/t13-,14+,15-,16+/m1/s1. The van der Waals surface area contributed by atoms with Gasteiger partial charge in [-0.2, -0.15) is 5.10 Å². The van der Waals surface area contributed by atoms with Gasteiger partial charge in [0.2, 0.25) is 0 Å². The summed E-state index contributed by atoms with van der Waals surface area (Å²) in [5, 5.41) is 10.8. The molecule has 2 heterocycles. The van der Waals surface area contributed by atoms with E-state index in [1.165, 1.54) is 0 Å². The number of ether oxygens (including phenoxy) is 1. The van der Waals surface area contributed by atoms with E-state index in [9.17, 15) is 4.79 Å². The maximum atomic E-state index is 12.6. The fourth-order valence-electron chi connectivity index (χ4n) is 4.40. The van der Waals surface area contributed by atoms with E-state index in [0.29, 0.717) is 12.0 Å². The van der Waals surface area contributed by atoms with Crippen molar-refractivity contribution < 1.29 is 9.53 Å². The van der Waals surface area contributed by atoms with Crippen LogP contribution in [0.5, 0.6) is 0 Å². The van der Waals surface area contributed by atoms with E-state index in [4.69, 9.17) is 4.74 Å². The largest absolute Gasteiger partial charge is 0.378 e. The number of hydrogen-bond acceptors (Lipinski definition) is 3. The second-order valence-electron chi connectivity index (χ2n) is 7.19. The Hall–Kier alpha value is -1.56. The Morgan fingerprint density at radius 1 is 1.38 bits per heavy atom. The molecule has 0 radical (unpaired) electrons. The molecule has 1 aliphatic heterocycles. The van der Waals surface area contributed by atoms with Crippen molar-refractivity contribution >= 4 is 6.03 Å². The monoisotopic (exact) mass is 334 g/mol. The number of carbonyl (C=O) groups excluding carboxylic acids is 1. The molecule has 1 aromatic heterocycles. The van der Waals surface area contributed by atoms with Gasteiger partial charge in [0.1, 0.15) is 0 Å². The molecular weight excluding hydrogens is 304 g/mol. The van der Waals surface area contributed by atoms with E-state index in [0.717, 1.165) is 55.7 Å². The summed E-state index contributed by atoms with van der Waals surface area (Å²) < 4.78 is 7.68. The summed E-state index contributed by atoms with van der Waals surface area (Å²) in [6.07, 6.45) is 5.57. The zero-order valence-electron chi connectivity index (χ0n) is 15.3. The van der Waals surface area contributed by atoms with Crippen molar-refractivity contribution in [2.75, 3.05) is 6.61 Å². The molecule has 2 N–H and O–H groups in total. The number of nitrogens with zero attached hydrogens (tertiary/aromatic N) is 2. The summed E-state index contributed by atoms with van der Waals surface area (Å²) in [6.45, 7) is 6.99. The van der Waals surface area contributed by atoms with Crippen LogP contribution in [0, 0.1) is 19.8 Å². The van der Waals surface area contributed by atoms with Crippen LogP contribution in [0.2, 0.25) is 0 Å². The third kappa shape index (κ3) is 3.29. The van der Waals surface area contributed by atoms with Crippen LogP contribution in [0.25, 0.3) is 0 Å². The topological polar surface area (TPSA) is 68.2 Å². The normalized spacial score (nSPS) is 27.6. The van der Waals surface area contributed by atoms with Crippen LogP contribution in [0.3, 0.4) is 0 Å². The molecule has 134 valence electrons. The molecule has 6 heteroatoms. The van der Waals surface area contributed by atoms with E-state index in [1.54, 1.807) is 0 Å². The number of amides is 2. The SMILES string of the molecule is CC[C@H](NC(=O)N[C@@H]1CCC[C@@H]2OCC[C@@H]21)c1c(C)nn(C)c1C. The van der Waals surface area contributed by atoms with Crippen molar-refractivity contribution in [3.63, 3.8) is 0 Å². The van der Waals surface area contributed by atoms with Crippen LogP contribution in [-0.4, -0.2) is 34.6 Å². The number of carbonyl (C=O) groups is 1. The summed E-state index contributed by atoms with van der Waals surface area (Å²) in [6, 6.07) is 0.166. The number of nitrogens with one attached hydrogen (secondary N) is 2. The van der Waals surface area contributed by atoms with E-state index >= 15 is 0 Å². The lowest BCUT2D eigenvalue weighted by molar-refractivity contribution is 0.0548. The maximum Gasteiger partial charge on any atom is 0.315 e. The molecule has 1 aromatic rings. The molecule has 4 atom stereocenters. The van der Waals surface area contributed by atoms with Gasteiger partial charge in [0, 0.05) is 36.9 Å². The Balaban J connectivity index is 1.64. The van der Waals surface area contributed by atoms with Gasteiger partial charge < -0.3 is 15.4 Å². The molecule has 0 spiro atoms. The number of aromatic nitrogens is 2. The van der Waals surface area contributed by atoms with Crippen LogP contribution in [0.1, 0.15) is 62.0 Å². The highest BCUT2D eigenvalue weighted by Crippen LogP contribution is 2.34. The summed E-state index contributed by atoms with van der Waals surface area (Å²) in [5.74, 6) is 0.478. The van der Waals surface area contributed by atoms with Crippen molar-refractivity contribution in [2.24, 2.45) is 13.0 Å². The lowest BCUT2D eigenvalue weighted by Gasteiger charge is -2.33. The number of fused-ring (bicyclic) bond motifs is 1. The Morgan fingerprint density at radius 2 is 2.17 bits per heavy atom. The number of urea groups is 1. The number of aryl methyl sites for hydroxylation is 2. The maximum absolute atomic E-state index is 12.6. The molecule has 1 aliphatic carbocycles. The summed E-state index contributed by atoms with van der Waals surface area (Å²) in [4.78, 5) is 12.6. The van der Waals surface area contributed by atoms with E-state index < -0.39 is 0 Å². The van der Waals surface area contributed by atoms with Crippen LogP contribution in [0.4, 0.5) is 4.79 Å². The molecule has 1 saturated carbocycles. The minimum Gasteiger partial charge on any atom is -0.378 e. The van der Waals surface area contributed by atoms with Crippen molar-refractivity contribution in [2.45, 2.75) is 71.1 Å². The van der Waals surface area contributed by atoms with Crippen LogP contribution < -0.4 is 10.6 Å². The molecular formula is C18H30N4O2. The van der Waals surface area contributed by atoms with Gasteiger partial charge in [0.25, 0.3) is 0 Å². The highest BCUT2D eigenvalue weighted by molar-refractivity contribution is 5.75. The fourth-order valence-corrected chi connectivity index (χ4v) is 4.40. The molecule has 2 fully saturated rings. The molecule has 0 unspecified atom stereocenters. The zero-order chi connectivity index (χ0) is 17.3. The number of hydrogen-bond donors (Lipinski definition) is 2. The summed E-state index contributed by atoms with van der Waals surface area (Å²) >= 11 is 0. The van der Waals surface area contributed by atoms with Crippen LogP contribution >= 0.6 is 0 Å². The first-order valence-corrected chi connectivity index (χ1v) is 9.20. The zero-order valence-corrected chi connectivity index (χ0v) is 15.3. The smallest absolute Gasteiger partial charge is 0.315 e. The van der Waals surface area contributed by atoms with Gasteiger partial charge >= 0.3 is 6.03 Å². The van der Waals surface area contributed by atoms with Gasteiger partial charge in [-0.15, -0.1) is 0 Å². The molecule has 2 amide bonds. The average molecular weight is 334 g/mol. The lowest BCUT2D eigenvalue weighted by atomic mass is 9.82. The molecule has 3 rings (SSSR count). The first-order valence-electron chi connectivity index (χ1n) is 9.20. The Labute approximate surface area is 144 Å². The minimum absolute atomic E-state index is 0.00193. The second kappa shape index (κ2) is 7.13. The van der Waals surface area contributed by atoms with Crippen LogP contribution in [-0.2, 0) is 11.8 Å². The van der Waals surface area contributed by atoms with Gasteiger partial charge in [-0.1, -0.05) is 6.92 Å². The van der Waals surface area contributed by atoms with Gasteiger partial charge in [0.15, 0.2) is 0 Å². The van der Waals surface area contributed by atoms with E-state index in [-0.39, 0.29) is 18.1 Å². The third-order valence-electron chi connectivity index (χ3n) is 5.72. The molecule has 0 aromatic carbocycles. The Bertz CT molecular complexity index is 598. The first kappa shape index (κ1) is 17.3. The predicted molar refractivity (Wildman–Crippen MR) is 92.9 cm³/mol. The van der Waals surface area contributed by atoms with Gasteiger partial charge in [0.05, 0.1) is 17.8 Å². The highest BCUT2D eigenvalue weighted by Gasteiger charge is 2.38. The molecule has 0 bridgehead atoms. The van der Waals surface area contributed by atoms with Crippen LogP contribution in [0.15, 0.2) is 0 Å². The molecule has 6 nitrogen and oxygen atoms in total. The first-order chi connectivity index (χ1) is 11.5. The van der Waals surface area contributed by atoms with Crippen molar-refractivity contribution in [1.82, 2.24) is 20.4 Å². The van der Waals surface area contributed by atoms with Crippen molar-refractivity contribution in [1.29, 1.82) is 0 Å². The quantitative estimate of drug-likeness (QED) is 0.889. The second-order valence-corrected chi connectivity index (χ2v) is 7.19. The average Bonchev–Trinajstić information content (AvgIpc) is 3.12. The Kier molecular flexibility index (Phi) is 5.13. The summed E-state index contributed by atoms with van der Waals surface area (Å²) in [5.41, 5.74) is 3.24. The third-order valence-corrected chi connectivity index (χ3v) is 5.72. The molecule has 1 saturated heterocycles. The number of rotatable bonds is 4. The minimum atomic E-state index is -0.0675. The lowest BCUT2D eigenvalue weighted by Crippen LogP contribution is -2.49. The summed E-state index contributed by atoms with van der Waals surface area (Å²) in [7, 11) is 1.95. The van der Waals surface area contributed by atoms with Crippen molar-refractivity contribution in [3.05, 3.63) is 17.0 Å². The van der Waals surface area contributed by atoms with Gasteiger partial charge in [-0.3, -0.25) is 4.68 Å². The van der Waals surface area contributed by atoms with E-state index in [2.05, 4.69) is 29.6 Å². The molecule has 2 aliphatic rings. The fraction of sp³-hybridized carbons (Fsp3) is 0.778. The Morgan fingerprint density at radius 3 is 2.83 bits per heavy atom. The van der Waals surface area contributed by atoms with Gasteiger partial charge in [-0.05, 0) is 46.0 Å².